The molecular formula is C20H35N5O8S. The van der Waals surface area contributed by atoms with Crippen molar-refractivity contribution in [1.29, 1.82) is 0 Å². The number of hydrogen-bond acceptors (Lipinski definition) is 8. The first-order chi connectivity index (χ1) is 15.8. The minimum Gasteiger partial charge on any atom is -0.481 e. The molecule has 9 N–H and O–H groups in total. The van der Waals surface area contributed by atoms with Gasteiger partial charge in [-0.05, 0) is 37.2 Å². The first kappa shape index (κ1) is 31.1. The van der Waals surface area contributed by atoms with Gasteiger partial charge in [-0.15, -0.1) is 0 Å². The maximum absolute atomic E-state index is 12.9. The molecule has 0 saturated heterocycles. The molecule has 0 spiro atoms. The average molecular weight is 506 g/mol. The lowest BCUT2D eigenvalue weighted by Crippen LogP contribution is -2.57. The van der Waals surface area contributed by atoms with Crippen molar-refractivity contribution < 1.29 is 39.0 Å². The highest BCUT2D eigenvalue weighted by atomic mass is 32.2. The van der Waals surface area contributed by atoms with E-state index < -0.39 is 72.6 Å². The molecule has 0 aromatic heterocycles. The van der Waals surface area contributed by atoms with Gasteiger partial charge in [0.05, 0.1) is 12.5 Å². The van der Waals surface area contributed by atoms with Crippen LogP contribution in [0.1, 0.15) is 46.0 Å². The van der Waals surface area contributed by atoms with Gasteiger partial charge < -0.3 is 37.6 Å². The summed E-state index contributed by atoms with van der Waals surface area (Å²) in [6, 6.07) is -5.00. The van der Waals surface area contributed by atoms with E-state index in [0.29, 0.717) is 12.2 Å². The van der Waals surface area contributed by atoms with Crippen LogP contribution in [0.15, 0.2) is 0 Å². The zero-order valence-electron chi connectivity index (χ0n) is 19.5. The number of nitrogens with two attached hydrogens (primary N) is 2. The number of carboxylic acid groups (broad SMARTS) is 2. The highest BCUT2D eigenvalue weighted by molar-refractivity contribution is 7.98. The molecule has 0 radical (unpaired) electrons. The average Bonchev–Trinajstić information content (AvgIpc) is 2.72. The lowest BCUT2D eigenvalue weighted by Gasteiger charge is -2.25. The van der Waals surface area contributed by atoms with Gasteiger partial charge in [0.25, 0.3) is 0 Å². The van der Waals surface area contributed by atoms with E-state index in [4.69, 9.17) is 16.6 Å². The molecular weight excluding hydrogens is 470 g/mol. The summed E-state index contributed by atoms with van der Waals surface area (Å²) in [5.74, 6) is -5.44. The van der Waals surface area contributed by atoms with Crippen molar-refractivity contribution in [3.05, 3.63) is 0 Å². The van der Waals surface area contributed by atoms with Gasteiger partial charge in [0, 0.05) is 6.42 Å². The summed E-state index contributed by atoms with van der Waals surface area (Å²) in [7, 11) is 0. The van der Waals surface area contributed by atoms with E-state index in [1.54, 1.807) is 13.8 Å². The first-order valence-corrected chi connectivity index (χ1v) is 12.1. The second kappa shape index (κ2) is 15.9. The van der Waals surface area contributed by atoms with Crippen molar-refractivity contribution >= 4 is 47.3 Å². The summed E-state index contributed by atoms with van der Waals surface area (Å²) < 4.78 is 0. The summed E-state index contributed by atoms with van der Waals surface area (Å²) in [6.45, 7) is 3.53. The molecule has 4 unspecified atom stereocenters. The fraction of sp³-hybridized carbons (Fsp3) is 0.700. The Labute approximate surface area is 202 Å². The molecule has 34 heavy (non-hydrogen) atoms. The number of carbonyl (C=O) groups excluding carboxylic acids is 4. The summed E-state index contributed by atoms with van der Waals surface area (Å²) in [5.41, 5.74) is 10.8. The summed E-state index contributed by atoms with van der Waals surface area (Å²) in [6.07, 6.45) is 0.958. The Morgan fingerprint density at radius 1 is 0.853 bits per heavy atom. The van der Waals surface area contributed by atoms with Gasteiger partial charge in [0.15, 0.2) is 0 Å². The van der Waals surface area contributed by atoms with Crippen molar-refractivity contribution in [1.82, 2.24) is 16.0 Å². The van der Waals surface area contributed by atoms with E-state index in [1.807, 2.05) is 6.26 Å². The van der Waals surface area contributed by atoms with Crippen molar-refractivity contribution in [3.8, 4) is 0 Å². The Kier molecular flexibility index (Phi) is 14.5. The largest absolute Gasteiger partial charge is 0.481 e. The molecule has 0 saturated carbocycles. The number of rotatable bonds is 17. The van der Waals surface area contributed by atoms with E-state index in [0.717, 1.165) is 0 Å². The van der Waals surface area contributed by atoms with Crippen molar-refractivity contribution in [2.75, 3.05) is 12.0 Å². The van der Waals surface area contributed by atoms with Crippen LogP contribution in [0.5, 0.6) is 0 Å². The molecule has 0 aliphatic carbocycles. The molecule has 0 fully saturated rings. The van der Waals surface area contributed by atoms with Crippen LogP contribution in [-0.2, 0) is 28.8 Å². The molecule has 0 aliphatic heterocycles. The van der Waals surface area contributed by atoms with E-state index in [-0.39, 0.29) is 18.8 Å². The van der Waals surface area contributed by atoms with E-state index in [9.17, 15) is 33.9 Å². The second-order valence-electron chi connectivity index (χ2n) is 8.14. The monoisotopic (exact) mass is 505 g/mol. The quantitative estimate of drug-likeness (QED) is 0.119. The minimum atomic E-state index is -1.59. The molecule has 0 aromatic carbocycles. The van der Waals surface area contributed by atoms with Crippen LogP contribution in [0, 0.1) is 5.92 Å². The molecule has 4 amide bonds. The van der Waals surface area contributed by atoms with Crippen molar-refractivity contribution in [2.24, 2.45) is 17.4 Å². The number of thioether (sulfide) groups is 1. The van der Waals surface area contributed by atoms with Gasteiger partial charge in [0.2, 0.25) is 23.6 Å². The standard InChI is InChI=1S/C20H35N5O8S/c1-10(2)8-13(19(31)25-14(20(32)33)9-15(22)26)24-18(30)12(4-5-16(27)28)23-17(29)11(21)6-7-34-3/h10-14H,4-9,21H2,1-3H3,(H2,22,26)(H,23,29)(H,24,30)(H,25,31)(H,27,28)(H,32,33). The molecule has 14 heteroatoms. The Morgan fingerprint density at radius 3 is 1.85 bits per heavy atom. The molecule has 4 atom stereocenters. The van der Waals surface area contributed by atoms with Gasteiger partial charge in [-0.25, -0.2) is 4.79 Å². The molecule has 0 aromatic rings. The van der Waals surface area contributed by atoms with Crippen molar-refractivity contribution in [2.45, 2.75) is 70.1 Å². The van der Waals surface area contributed by atoms with Crippen LogP contribution in [-0.4, -0.2) is 82.0 Å². The SMILES string of the molecule is CSCCC(N)C(=O)NC(CCC(=O)O)C(=O)NC(CC(C)C)C(=O)NC(CC(N)=O)C(=O)O. The molecule has 13 nitrogen and oxygen atoms in total. The first-order valence-electron chi connectivity index (χ1n) is 10.7. The van der Waals surface area contributed by atoms with Crippen LogP contribution in [0.4, 0.5) is 0 Å². The second-order valence-corrected chi connectivity index (χ2v) is 9.13. The van der Waals surface area contributed by atoms with Crippen LogP contribution < -0.4 is 27.4 Å². The highest BCUT2D eigenvalue weighted by Crippen LogP contribution is 2.08. The Morgan fingerprint density at radius 2 is 1.38 bits per heavy atom. The number of carboxylic acids is 2. The van der Waals surface area contributed by atoms with E-state index >= 15 is 0 Å². The van der Waals surface area contributed by atoms with Gasteiger partial charge in [0.1, 0.15) is 18.1 Å². The lowest BCUT2D eigenvalue weighted by molar-refractivity contribution is -0.144. The van der Waals surface area contributed by atoms with Gasteiger partial charge in [-0.3, -0.25) is 24.0 Å². The number of nitrogens with one attached hydrogen (secondary N) is 3. The van der Waals surface area contributed by atoms with Crippen LogP contribution in [0.25, 0.3) is 0 Å². The summed E-state index contributed by atoms with van der Waals surface area (Å²) in [4.78, 5) is 71.4. The molecule has 0 heterocycles. The molecule has 0 bridgehead atoms. The van der Waals surface area contributed by atoms with Crippen LogP contribution in [0.2, 0.25) is 0 Å². The smallest absolute Gasteiger partial charge is 0.326 e. The number of carbonyl (C=O) groups is 6. The number of aliphatic carboxylic acids is 2. The third kappa shape index (κ3) is 13.0. The third-order valence-corrected chi connectivity index (χ3v) is 5.25. The summed E-state index contributed by atoms with van der Waals surface area (Å²) >= 11 is 1.48. The maximum atomic E-state index is 12.9. The molecule has 0 rings (SSSR count). The molecule has 0 aliphatic rings. The summed E-state index contributed by atoms with van der Waals surface area (Å²) in [5, 5.41) is 25.2. The van der Waals surface area contributed by atoms with E-state index in [1.165, 1.54) is 11.8 Å². The zero-order chi connectivity index (χ0) is 26.4. The highest BCUT2D eigenvalue weighted by Gasteiger charge is 2.31. The third-order valence-electron chi connectivity index (χ3n) is 4.61. The van der Waals surface area contributed by atoms with Crippen LogP contribution in [0.3, 0.4) is 0 Å². The van der Waals surface area contributed by atoms with E-state index in [2.05, 4.69) is 16.0 Å². The predicted octanol–water partition coefficient (Wildman–Crippen LogP) is -1.61. The number of hydrogen-bond donors (Lipinski definition) is 7. The lowest BCUT2D eigenvalue weighted by atomic mass is 10.0. The maximum Gasteiger partial charge on any atom is 0.326 e. The Hall–Kier alpha value is -2.87. The zero-order valence-corrected chi connectivity index (χ0v) is 20.4. The number of primary amides is 1. The normalized spacial score (nSPS) is 14.4. The number of amides is 4. The predicted molar refractivity (Wildman–Crippen MR) is 125 cm³/mol. The van der Waals surface area contributed by atoms with Gasteiger partial charge in [-0.1, -0.05) is 13.8 Å². The molecule has 194 valence electrons. The van der Waals surface area contributed by atoms with Crippen molar-refractivity contribution in [3.63, 3.8) is 0 Å². The fourth-order valence-electron chi connectivity index (χ4n) is 2.84. The van der Waals surface area contributed by atoms with Gasteiger partial charge >= 0.3 is 11.9 Å². The topological polar surface area (TPSA) is 231 Å². The Bertz CT molecular complexity index is 748. The Balaban J connectivity index is 5.54. The van der Waals surface area contributed by atoms with Crippen LogP contribution >= 0.6 is 11.8 Å². The van der Waals surface area contributed by atoms with Gasteiger partial charge in [-0.2, -0.15) is 11.8 Å². The minimum absolute atomic E-state index is 0.104. The fourth-order valence-corrected chi connectivity index (χ4v) is 3.33.